The fourth-order valence-corrected chi connectivity index (χ4v) is 2.43. The molecule has 0 aromatic rings. The second-order valence-corrected chi connectivity index (χ2v) is 7.71. The zero-order chi connectivity index (χ0) is 22.9. The van der Waals surface area contributed by atoms with Gasteiger partial charge >= 0.3 is 11.9 Å². The van der Waals surface area contributed by atoms with Crippen molar-refractivity contribution in [2.75, 3.05) is 0 Å². The quantitative estimate of drug-likeness (QED) is 0.235. The maximum Gasteiger partial charge on any atom is 0.326 e. The van der Waals surface area contributed by atoms with Gasteiger partial charge in [0, 0.05) is 0 Å². The first-order valence-electron chi connectivity index (χ1n) is 9.37. The van der Waals surface area contributed by atoms with Crippen molar-refractivity contribution >= 4 is 29.7 Å². The molecule has 0 radical (unpaired) electrons. The monoisotopic (exact) mass is 416 g/mol. The Morgan fingerprint density at radius 2 is 1.28 bits per heavy atom. The summed E-state index contributed by atoms with van der Waals surface area (Å²) < 4.78 is 0. The van der Waals surface area contributed by atoms with E-state index in [4.69, 9.17) is 10.8 Å². The predicted octanol–water partition coefficient (Wildman–Crippen LogP) is -0.951. The minimum Gasteiger partial charge on any atom is -0.481 e. The van der Waals surface area contributed by atoms with Crippen LogP contribution in [0.2, 0.25) is 0 Å². The average molecular weight is 416 g/mol. The summed E-state index contributed by atoms with van der Waals surface area (Å²) in [4.78, 5) is 59.4. The maximum absolute atomic E-state index is 12.6. The molecule has 0 heterocycles. The SMILES string of the molecule is CC(C)CC(NC(=O)C(C)N)C(=O)NC(CC(=O)O)C(=O)NC(C(=O)O)C(C)C. The Morgan fingerprint density at radius 3 is 1.66 bits per heavy atom. The van der Waals surface area contributed by atoms with E-state index in [1.54, 1.807) is 13.8 Å². The van der Waals surface area contributed by atoms with E-state index in [0.29, 0.717) is 0 Å². The molecule has 11 nitrogen and oxygen atoms in total. The van der Waals surface area contributed by atoms with Crippen LogP contribution in [0.25, 0.3) is 0 Å². The molecule has 29 heavy (non-hydrogen) atoms. The molecule has 11 heteroatoms. The van der Waals surface area contributed by atoms with Crippen molar-refractivity contribution in [3.8, 4) is 0 Å². The summed E-state index contributed by atoms with van der Waals surface area (Å²) in [7, 11) is 0. The molecule has 0 aliphatic heterocycles. The Labute approximate surface area is 169 Å². The maximum atomic E-state index is 12.6. The first-order chi connectivity index (χ1) is 13.3. The van der Waals surface area contributed by atoms with E-state index < -0.39 is 66.2 Å². The number of carbonyl (C=O) groups is 5. The van der Waals surface area contributed by atoms with Crippen molar-refractivity contribution < 1.29 is 34.2 Å². The molecule has 4 unspecified atom stereocenters. The molecule has 3 amide bonds. The number of hydrogen-bond acceptors (Lipinski definition) is 6. The molecule has 0 rings (SSSR count). The summed E-state index contributed by atoms with van der Waals surface area (Å²) in [5.41, 5.74) is 5.50. The van der Waals surface area contributed by atoms with E-state index >= 15 is 0 Å². The highest BCUT2D eigenvalue weighted by Crippen LogP contribution is 2.08. The van der Waals surface area contributed by atoms with E-state index in [9.17, 15) is 29.1 Å². The van der Waals surface area contributed by atoms with Crippen molar-refractivity contribution in [1.82, 2.24) is 16.0 Å². The molecule has 0 aliphatic carbocycles. The minimum atomic E-state index is -1.51. The number of aliphatic carboxylic acids is 2. The average Bonchev–Trinajstić information content (AvgIpc) is 2.56. The number of hydrogen-bond donors (Lipinski definition) is 6. The highest BCUT2D eigenvalue weighted by Gasteiger charge is 2.32. The molecule has 0 aromatic heterocycles. The molecule has 0 bridgehead atoms. The summed E-state index contributed by atoms with van der Waals surface area (Å²) in [6.45, 7) is 8.23. The molecule has 7 N–H and O–H groups in total. The lowest BCUT2D eigenvalue weighted by molar-refractivity contribution is -0.144. The van der Waals surface area contributed by atoms with Crippen molar-refractivity contribution in [2.45, 2.75) is 71.6 Å². The van der Waals surface area contributed by atoms with E-state index in [-0.39, 0.29) is 12.3 Å². The highest BCUT2D eigenvalue weighted by molar-refractivity contribution is 5.95. The summed E-state index contributed by atoms with van der Waals surface area (Å²) in [5.74, 6) is -5.37. The number of carboxylic acid groups (broad SMARTS) is 2. The van der Waals surface area contributed by atoms with Crippen LogP contribution >= 0.6 is 0 Å². The van der Waals surface area contributed by atoms with Crippen molar-refractivity contribution in [3.05, 3.63) is 0 Å². The Kier molecular flexibility index (Phi) is 10.9. The summed E-state index contributed by atoms with van der Waals surface area (Å²) in [6, 6.07) is -4.65. The molecule has 0 aliphatic rings. The number of nitrogens with one attached hydrogen (secondary N) is 3. The van der Waals surface area contributed by atoms with Crippen LogP contribution in [0.15, 0.2) is 0 Å². The van der Waals surface area contributed by atoms with Crippen molar-refractivity contribution in [2.24, 2.45) is 17.6 Å². The van der Waals surface area contributed by atoms with E-state index in [1.807, 2.05) is 13.8 Å². The Balaban J connectivity index is 5.45. The lowest BCUT2D eigenvalue weighted by Gasteiger charge is -2.25. The van der Waals surface area contributed by atoms with Crippen LogP contribution in [0.1, 0.15) is 47.5 Å². The topological polar surface area (TPSA) is 188 Å². The van der Waals surface area contributed by atoms with E-state index in [1.165, 1.54) is 6.92 Å². The van der Waals surface area contributed by atoms with Gasteiger partial charge in [0.1, 0.15) is 18.1 Å². The largest absolute Gasteiger partial charge is 0.481 e. The molecule has 4 atom stereocenters. The van der Waals surface area contributed by atoms with E-state index in [0.717, 1.165) is 0 Å². The van der Waals surface area contributed by atoms with Crippen LogP contribution in [0.4, 0.5) is 0 Å². The van der Waals surface area contributed by atoms with Crippen LogP contribution in [-0.2, 0) is 24.0 Å². The zero-order valence-electron chi connectivity index (χ0n) is 17.4. The lowest BCUT2D eigenvalue weighted by atomic mass is 10.0. The van der Waals surface area contributed by atoms with Crippen LogP contribution in [0.5, 0.6) is 0 Å². The normalized spacial score (nSPS) is 15.2. The predicted molar refractivity (Wildman–Crippen MR) is 104 cm³/mol. The number of nitrogens with two attached hydrogens (primary N) is 1. The van der Waals surface area contributed by atoms with Gasteiger partial charge in [0.05, 0.1) is 12.5 Å². The lowest BCUT2D eigenvalue weighted by Crippen LogP contribution is -2.58. The smallest absolute Gasteiger partial charge is 0.326 e. The standard InChI is InChI=1S/C18H32N4O7/c1-8(2)6-11(20-15(25)10(5)19)16(26)21-12(7-13(23)24)17(27)22-14(9(3)4)18(28)29/h8-12,14H,6-7,19H2,1-5H3,(H,20,25)(H,21,26)(H,22,27)(H,23,24)(H,28,29). The highest BCUT2D eigenvalue weighted by atomic mass is 16.4. The van der Waals surface area contributed by atoms with Gasteiger partial charge in [0.2, 0.25) is 17.7 Å². The fourth-order valence-electron chi connectivity index (χ4n) is 2.43. The molecule has 0 aromatic carbocycles. The minimum absolute atomic E-state index is 0.00297. The molecular weight excluding hydrogens is 384 g/mol. The number of rotatable bonds is 12. The van der Waals surface area contributed by atoms with Gasteiger partial charge in [-0.05, 0) is 25.2 Å². The van der Waals surface area contributed by atoms with Gasteiger partial charge in [0.15, 0.2) is 0 Å². The second-order valence-electron chi connectivity index (χ2n) is 7.71. The first-order valence-corrected chi connectivity index (χ1v) is 9.37. The van der Waals surface area contributed by atoms with Crippen LogP contribution < -0.4 is 21.7 Å². The van der Waals surface area contributed by atoms with Gasteiger partial charge in [-0.1, -0.05) is 27.7 Å². The third-order valence-corrected chi connectivity index (χ3v) is 4.00. The third kappa shape index (κ3) is 9.88. The number of carbonyl (C=O) groups excluding carboxylic acids is 3. The van der Waals surface area contributed by atoms with E-state index in [2.05, 4.69) is 16.0 Å². The Morgan fingerprint density at radius 1 is 0.793 bits per heavy atom. The van der Waals surface area contributed by atoms with Gasteiger partial charge in [-0.15, -0.1) is 0 Å². The molecular formula is C18H32N4O7. The molecule has 0 fully saturated rings. The number of carboxylic acids is 2. The summed E-state index contributed by atoms with van der Waals surface area (Å²) >= 11 is 0. The molecule has 0 saturated heterocycles. The first kappa shape index (κ1) is 26.3. The van der Waals surface area contributed by atoms with Crippen LogP contribution in [0, 0.1) is 11.8 Å². The molecule has 0 spiro atoms. The van der Waals surface area contributed by atoms with Crippen LogP contribution in [0.3, 0.4) is 0 Å². The molecule has 166 valence electrons. The number of amides is 3. The van der Waals surface area contributed by atoms with Crippen molar-refractivity contribution in [1.29, 1.82) is 0 Å². The Bertz CT molecular complexity index is 619. The zero-order valence-corrected chi connectivity index (χ0v) is 17.4. The van der Waals surface area contributed by atoms with Crippen LogP contribution in [-0.4, -0.2) is 64.0 Å². The fraction of sp³-hybridized carbons (Fsp3) is 0.722. The third-order valence-electron chi connectivity index (χ3n) is 4.00. The molecule has 0 saturated carbocycles. The van der Waals surface area contributed by atoms with Gasteiger partial charge in [-0.3, -0.25) is 19.2 Å². The van der Waals surface area contributed by atoms with Gasteiger partial charge in [0.25, 0.3) is 0 Å². The second kappa shape index (κ2) is 12.0. The summed E-state index contributed by atoms with van der Waals surface area (Å²) in [6.07, 6.45) is -0.521. The van der Waals surface area contributed by atoms with Gasteiger partial charge in [-0.2, -0.15) is 0 Å². The Hall–Kier alpha value is -2.69. The van der Waals surface area contributed by atoms with Gasteiger partial charge < -0.3 is 31.9 Å². The van der Waals surface area contributed by atoms with Gasteiger partial charge in [-0.25, -0.2) is 4.79 Å². The summed E-state index contributed by atoms with van der Waals surface area (Å²) in [5, 5.41) is 25.3. The van der Waals surface area contributed by atoms with Crippen molar-refractivity contribution in [3.63, 3.8) is 0 Å².